The molecule has 1 aliphatic carbocycles. The first-order valence-corrected chi connectivity index (χ1v) is 15.6. The highest BCUT2D eigenvalue weighted by molar-refractivity contribution is 7.88. The highest BCUT2D eigenvalue weighted by Gasteiger charge is 2.44. The van der Waals surface area contributed by atoms with Crippen molar-refractivity contribution in [2.75, 3.05) is 39.9 Å². The molecule has 1 aromatic rings. The summed E-state index contributed by atoms with van der Waals surface area (Å²) in [6, 6.07) is 8.19. The predicted molar refractivity (Wildman–Crippen MR) is 145 cm³/mol. The van der Waals surface area contributed by atoms with Crippen molar-refractivity contribution in [3.05, 3.63) is 35.9 Å². The quantitative estimate of drug-likeness (QED) is 0.444. The predicted octanol–water partition coefficient (Wildman–Crippen LogP) is 2.41. The van der Waals surface area contributed by atoms with Crippen LogP contribution in [0.1, 0.15) is 51.5 Å². The Labute approximate surface area is 227 Å². The first-order chi connectivity index (χ1) is 18.2. The van der Waals surface area contributed by atoms with Crippen LogP contribution in [0, 0.1) is 17.8 Å². The van der Waals surface area contributed by atoms with Gasteiger partial charge < -0.3 is 14.8 Å². The summed E-state index contributed by atoms with van der Waals surface area (Å²) in [5, 5.41) is 3.37. The molecule has 3 aliphatic rings. The zero-order valence-corrected chi connectivity index (χ0v) is 23.7. The van der Waals surface area contributed by atoms with Gasteiger partial charge in [0.25, 0.3) is 0 Å². The number of hydrogen-bond donors (Lipinski definition) is 1. The highest BCUT2D eigenvalue weighted by atomic mass is 32.2. The summed E-state index contributed by atoms with van der Waals surface area (Å²) in [4.78, 5) is 27.4. The maximum absolute atomic E-state index is 13.2. The molecule has 2 saturated heterocycles. The van der Waals surface area contributed by atoms with E-state index in [1.54, 1.807) is 14.0 Å². The normalized spacial score (nSPS) is 30.1. The maximum atomic E-state index is 13.2. The third-order valence-electron chi connectivity index (χ3n) is 8.56. The van der Waals surface area contributed by atoms with Crippen molar-refractivity contribution in [2.45, 2.75) is 69.8 Å². The largest absolute Gasteiger partial charge is 0.465 e. The van der Waals surface area contributed by atoms with Crippen LogP contribution in [0.15, 0.2) is 30.3 Å². The zero-order valence-electron chi connectivity index (χ0n) is 22.9. The van der Waals surface area contributed by atoms with Gasteiger partial charge in [-0.2, -0.15) is 0 Å². The molecule has 1 aromatic carbocycles. The molecule has 0 unspecified atom stereocenters. The van der Waals surface area contributed by atoms with Crippen LogP contribution in [-0.2, 0) is 34.8 Å². The number of likely N-dealkylation sites (N-methyl/N-ethyl adjacent to an activating group) is 1. The molecule has 3 fully saturated rings. The molecule has 0 bridgehead atoms. The van der Waals surface area contributed by atoms with Crippen molar-refractivity contribution in [1.29, 1.82) is 0 Å². The van der Waals surface area contributed by atoms with Crippen LogP contribution < -0.4 is 5.32 Å². The molecule has 9 nitrogen and oxygen atoms in total. The van der Waals surface area contributed by atoms with Crippen LogP contribution in [0.3, 0.4) is 0 Å². The van der Waals surface area contributed by atoms with Crippen molar-refractivity contribution in [3.63, 3.8) is 0 Å². The van der Waals surface area contributed by atoms with Crippen LogP contribution in [0.4, 0.5) is 0 Å². The van der Waals surface area contributed by atoms with Gasteiger partial charge in [0.1, 0.15) is 12.1 Å². The number of carbonyl (C=O) groups is 2. The molecular formula is C28H43N3O6S. The number of rotatable bonds is 10. The topological polar surface area (TPSA) is 105 Å². The van der Waals surface area contributed by atoms with E-state index in [4.69, 9.17) is 9.47 Å². The molecule has 212 valence electrons. The van der Waals surface area contributed by atoms with Gasteiger partial charge in [-0.15, -0.1) is 0 Å². The smallest absolute Gasteiger partial charge is 0.323 e. The van der Waals surface area contributed by atoms with E-state index in [1.807, 2.05) is 37.3 Å². The molecule has 38 heavy (non-hydrogen) atoms. The molecule has 4 rings (SSSR count). The van der Waals surface area contributed by atoms with Gasteiger partial charge >= 0.3 is 11.9 Å². The Hall–Kier alpha value is -2.01. The zero-order chi connectivity index (χ0) is 27.3. The number of carbonyl (C=O) groups excluding carboxylic acids is 2. The number of ether oxygens (including phenoxy) is 2. The van der Waals surface area contributed by atoms with Crippen molar-refractivity contribution in [3.8, 4) is 0 Å². The van der Waals surface area contributed by atoms with Gasteiger partial charge in [-0.05, 0) is 75.8 Å². The molecule has 1 N–H and O–H groups in total. The maximum Gasteiger partial charge on any atom is 0.323 e. The van der Waals surface area contributed by atoms with Crippen LogP contribution in [0.5, 0.6) is 0 Å². The number of hydrogen-bond acceptors (Lipinski definition) is 8. The van der Waals surface area contributed by atoms with Crippen LogP contribution in [0.2, 0.25) is 0 Å². The second kappa shape index (κ2) is 12.9. The Morgan fingerprint density at radius 1 is 1.00 bits per heavy atom. The Kier molecular flexibility index (Phi) is 9.84. The summed E-state index contributed by atoms with van der Waals surface area (Å²) in [7, 11) is -1.92. The second-order valence-electron chi connectivity index (χ2n) is 11.0. The summed E-state index contributed by atoms with van der Waals surface area (Å²) >= 11 is 0. The lowest BCUT2D eigenvalue weighted by Crippen LogP contribution is -2.51. The fourth-order valence-electron chi connectivity index (χ4n) is 6.52. The average Bonchev–Trinajstić information content (AvgIpc) is 3.32. The first kappa shape index (κ1) is 29.0. The van der Waals surface area contributed by atoms with Crippen molar-refractivity contribution in [1.82, 2.24) is 14.5 Å². The van der Waals surface area contributed by atoms with Gasteiger partial charge in [0.2, 0.25) is 10.0 Å². The van der Waals surface area contributed by atoms with Crippen LogP contribution in [-0.4, -0.2) is 87.6 Å². The summed E-state index contributed by atoms with van der Waals surface area (Å²) in [5.74, 6) is 0.876. The van der Waals surface area contributed by atoms with Crippen molar-refractivity contribution in [2.24, 2.45) is 17.8 Å². The molecule has 0 radical (unpaired) electrons. The molecule has 0 aromatic heterocycles. The molecular weight excluding hydrogens is 506 g/mol. The monoisotopic (exact) mass is 549 g/mol. The minimum absolute atomic E-state index is 0.0632. The number of sulfonamides is 1. The third-order valence-corrected chi connectivity index (χ3v) is 10.4. The molecule has 10 heteroatoms. The summed E-state index contributed by atoms with van der Waals surface area (Å²) in [6.07, 6.45) is 4.36. The molecule has 6 atom stereocenters. The number of piperidine rings is 1. The van der Waals surface area contributed by atoms with E-state index in [0.717, 1.165) is 44.3 Å². The van der Waals surface area contributed by atoms with Gasteiger partial charge in [0.05, 0.1) is 19.0 Å². The Bertz CT molecular complexity index is 1050. The van der Waals surface area contributed by atoms with E-state index in [0.29, 0.717) is 43.9 Å². The molecule has 1 saturated carbocycles. The standard InChI is InChI=1S/C28H43N3O6S/c1-4-36-27(32)25-14-23-13-21(11-12-22(23)16-29-25)17-31-18-24(15-26(31)28(33)37-5-2)30(3)38(34,35)19-20-9-7-6-8-10-20/h6-10,21-26,29H,4-5,11-19H2,1-3H3/t21-,22-,23+,24-,25-,26-/m0/s1. The van der Waals surface area contributed by atoms with E-state index >= 15 is 0 Å². The average molecular weight is 550 g/mol. The van der Waals surface area contributed by atoms with Gasteiger partial charge in [0.15, 0.2) is 0 Å². The molecule has 0 amide bonds. The molecule has 2 heterocycles. The van der Waals surface area contributed by atoms with E-state index in [1.165, 1.54) is 4.31 Å². The number of fused-ring (bicyclic) bond motifs is 1. The molecule has 2 aliphatic heterocycles. The fraction of sp³-hybridized carbons (Fsp3) is 0.714. The van der Waals surface area contributed by atoms with Crippen molar-refractivity contribution >= 4 is 22.0 Å². The van der Waals surface area contributed by atoms with Gasteiger partial charge in [-0.25, -0.2) is 12.7 Å². The Morgan fingerprint density at radius 3 is 2.42 bits per heavy atom. The third kappa shape index (κ3) is 6.94. The number of esters is 2. The SMILES string of the molecule is CCOC(=O)[C@@H]1C[C@H]2C[C@@H](CN3C[C@@H](N(C)S(=O)(=O)Cc4ccccc4)C[C@H]3C(=O)OCC)CC[C@H]2CN1. The number of likely N-dealkylation sites (tertiary alicyclic amines) is 1. The van der Waals surface area contributed by atoms with Crippen LogP contribution >= 0.6 is 0 Å². The van der Waals surface area contributed by atoms with E-state index < -0.39 is 16.1 Å². The van der Waals surface area contributed by atoms with Gasteiger partial charge in [0, 0.05) is 26.2 Å². The lowest BCUT2D eigenvalue weighted by Gasteiger charge is -2.43. The Balaban J connectivity index is 1.41. The van der Waals surface area contributed by atoms with E-state index in [-0.39, 0.29) is 29.8 Å². The van der Waals surface area contributed by atoms with Gasteiger partial charge in [-0.3, -0.25) is 14.5 Å². The lowest BCUT2D eigenvalue weighted by molar-refractivity contribution is -0.149. The summed E-state index contributed by atoms with van der Waals surface area (Å²) < 4.78 is 38.5. The fourth-order valence-corrected chi connectivity index (χ4v) is 7.95. The van der Waals surface area contributed by atoms with E-state index in [2.05, 4.69) is 10.2 Å². The second-order valence-corrected chi connectivity index (χ2v) is 13.0. The number of nitrogens with zero attached hydrogens (tertiary/aromatic N) is 2. The summed E-state index contributed by atoms with van der Waals surface area (Å²) in [5.41, 5.74) is 0.746. The summed E-state index contributed by atoms with van der Waals surface area (Å²) in [6.45, 7) is 6.37. The van der Waals surface area contributed by atoms with E-state index in [9.17, 15) is 18.0 Å². The first-order valence-electron chi connectivity index (χ1n) is 14.0. The van der Waals surface area contributed by atoms with Crippen LogP contribution in [0.25, 0.3) is 0 Å². The van der Waals surface area contributed by atoms with Gasteiger partial charge in [-0.1, -0.05) is 30.3 Å². The minimum Gasteiger partial charge on any atom is -0.465 e. The minimum atomic E-state index is -3.55. The highest BCUT2D eigenvalue weighted by Crippen LogP contribution is 2.40. The number of nitrogens with one attached hydrogen (secondary N) is 1. The Morgan fingerprint density at radius 2 is 1.71 bits per heavy atom. The molecule has 0 spiro atoms. The number of benzene rings is 1. The van der Waals surface area contributed by atoms with Crippen molar-refractivity contribution < 1.29 is 27.5 Å². The lowest BCUT2D eigenvalue weighted by atomic mass is 9.69.